The molecule has 0 saturated carbocycles. The van der Waals surface area contributed by atoms with Gasteiger partial charge in [0.15, 0.2) is 0 Å². The molecule has 4 heterocycles. The second kappa shape index (κ2) is 13.6. The topological polar surface area (TPSA) is 106 Å². The van der Waals surface area contributed by atoms with Gasteiger partial charge in [0.05, 0.1) is 37.3 Å². The molecular weight excluding hydrogens is 614 g/mol. The summed E-state index contributed by atoms with van der Waals surface area (Å²) in [6.07, 6.45) is 3.39. The quantitative estimate of drug-likeness (QED) is 0.307. The van der Waals surface area contributed by atoms with E-state index < -0.39 is 10.0 Å². The summed E-state index contributed by atoms with van der Waals surface area (Å²) in [7, 11) is -1.95. The predicted octanol–water partition coefficient (Wildman–Crippen LogP) is 2.83. The van der Waals surface area contributed by atoms with Crippen LogP contribution in [0.2, 0.25) is 5.02 Å². The van der Waals surface area contributed by atoms with Crippen LogP contribution in [0, 0.1) is 11.8 Å². The van der Waals surface area contributed by atoms with E-state index in [1.54, 1.807) is 0 Å². The van der Waals surface area contributed by atoms with Gasteiger partial charge in [0.2, 0.25) is 10.0 Å². The Morgan fingerprint density at radius 2 is 1.93 bits per heavy atom. The summed E-state index contributed by atoms with van der Waals surface area (Å²) >= 11 is 6.62. The number of hydrogen-bond acceptors (Lipinski definition) is 8. The van der Waals surface area contributed by atoms with Crippen LogP contribution in [-0.2, 0) is 56.8 Å². The first-order chi connectivity index (χ1) is 21.7. The Kier molecular flexibility index (Phi) is 9.61. The minimum absolute atomic E-state index is 0.262. The van der Waals surface area contributed by atoms with Crippen LogP contribution in [0.4, 0.5) is 0 Å². The predicted molar refractivity (Wildman–Crippen MR) is 172 cm³/mol. The van der Waals surface area contributed by atoms with E-state index in [2.05, 4.69) is 26.7 Å². The number of morpholine rings is 1. The summed E-state index contributed by atoms with van der Waals surface area (Å²) in [5.41, 5.74) is 7.36. The molecule has 238 valence electrons. The molecule has 3 aromatic rings. The van der Waals surface area contributed by atoms with Gasteiger partial charge in [-0.05, 0) is 48.2 Å². The third-order valence-corrected chi connectivity index (χ3v) is 10.3. The van der Waals surface area contributed by atoms with Crippen molar-refractivity contribution in [1.82, 2.24) is 24.3 Å². The molecule has 6 rings (SSSR count). The molecule has 1 atom stereocenters. The lowest BCUT2D eigenvalue weighted by atomic mass is 9.94. The number of fused-ring (bicyclic) bond motifs is 2. The summed E-state index contributed by atoms with van der Waals surface area (Å²) in [5, 5.41) is 8.80. The van der Waals surface area contributed by atoms with E-state index in [4.69, 9.17) is 26.2 Å². The van der Waals surface area contributed by atoms with Crippen molar-refractivity contribution in [3.63, 3.8) is 0 Å². The zero-order valence-corrected chi connectivity index (χ0v) is 27.2. The molecule has 12 heteroatoms. The molecule has 3 aliphatic rings. The Labute approximate surface area is 269 Å². The van der Waals surface area contributed by atoms with Crippen molar-refractivity contribution in [2.45, 2.75) is 44.9 Å². The number of sulfonamides is 1. The number of hydrogen-bond donors (Lipinski definition) is 1. The highest BCUT2D eigenvalue weighted by Gasteiger charge is 2.30. The lowest BCUT2D eigenvalue weighted by molar-refractivity contribution is -0.143. The van der Waals surface area contributed by atoms with E-state index in [-0.39, 0.29) is 18.6 Å². The van der Waals surface area contributed by atoms with Gasteiger partial charge in [-0.15, -0.1) is 0 Å². The van der Waals surface area contributed by atoms with Gasteiger partial charge >= 0.3 is 5.97 Å². The van der Waals surface area contributed by atoms with Gasteiger partial charge in [0.1, 0.15) is 6.04 Å². The highest BCUT2D eigenvalue weighted by Crippen LogP contribution is 2.33. The average Bonchev–Trinajstić information content (AvgIpc) is 3.41. The Balaban J connectivity index is 1.26. The molecule has 1 N–H and O–H groups in total. The number of ether oxygens (including phenoxy) is 2. The number of esters is 1. The maximum Gasteiger partial charge on any atom is 0.323 e. The van der Waals surface area contributed by atoms with E-state index in [9.17, 15) is 13.2 Å². The normalized spacial score (nSPS) is 18.9. The van der Waals surface area contributed by atoms with Crippen molar-refractivity contribution in [2.24, 2.45) is 0 Å². The molecule has 1 fully saturated rings. The summed E-state index contributed by atoms with van der Waals surface area (Å²) in [4.78, 5) is 14.4. The molecule has 0 radical (unpaired) electrons. The van der Waals surface area contributed by atoms with Crippen molar-refractivity contribution >= 4 is 27.6 Å². The Bertz CT molecular complexity index is 1760. The SMILES string of the molecule is COC(=O)[C@@H]1Cc2ccc(C#Cc3cc(-c4nn(CCCN5CCOCC5)c5c4CN(S(C)(=O)=O)CC5)ccc3Cl)cc2CN1. The van der Waals surface area contributed by atoms with Crippen LogP contribution >= 0.6 is 11.6 Å². The smallest absolute Gasteiger partial charge is 0.323 e. The van der Waals surface area contributed by atoms with Gasteiger partial charge in [-0.2, -0.15) is 9.40 Å². The number of nitrogens with one attached hydrogen (secondary N) is 1. The number of rotatable bonds is 7. The Morgan fingerprint density at radius 1 is 1.11 bits per heavy atom. The second-order valence-corrected chi connectivity index (χ2v) is 14.1. The molecule has 0 aliphatic carbocycles. The van der Waals surface area contributed by atoms with Gasteiger partial charge in [-0.25, -0.2) is 8.42 Å². The van der Waals surface area contributed by atoms with Gasteiger partial charge < -0.3 is 14.8 Å². The van der Waals surface area contributed by atoms with Crippen LogP contribution in [0.1, 0.15) is 39.9 Å². The Hall–Kier alpha value is -3.24. The highest BCUT2D eigenvalue weighted by atomic mass is 35.5. The molecule has 3 aliphatic heterocycles. The molecule has 2 aromatic carbocycles. The van der Waals surface area contributed by atoms with E-state index >= 15 is 0 Å². The summed E-state index contributed by atoms with van der Waals surface area (Å²) in [5.74, 6) is 6.23. The fraction of sp³-hybridized carbons (Fsp3) is 0.455. The van der Waals surface area contributed by atoms with Crippen molar-refractivity contribution in [2.75, 3.05) is 52.8 Å². The van der Waals surface area contributed by atoms with Crippen LogP contribution in [0.5, 0.6) is 0 Å². The number of aryl methyl sites for hydroxylation is 1. The highest BCUT2D eigenvalue weighted by molar-refractivity contribution is 7.88. The van der Waals surface area contributed by atoms with E-state index in [1.807, 2.05) is 36.4 Å². The van der Waals surface area contributed by atoms with Crippen molar-refractivity contribution in [3.05, 3.63) is 74.9 Å². The molecule has 1 aromatic heterocycles. The average molecular weight is 652 g/mol. The standard InChI is InChI=1S/C33H38ClN5O5S/c1-43-33(40)30-20-24-6-4-23(18-27(24)21-35-30)5-7-25-19-26(8-9-29(25)34)32-28-22-38(45(2,41)42)13-10-31(28)39(36-32)12-3-11-37-14-16-44-17-15-37/h4,6,8-9,18-19,30,35H,3,10-17,20-22H2,1-2H3/t30-/m0/s1. The van der Waals surface area contributed by atoms with Crippen LogP contribution in [-0.4, -0.2) is 92.2 Å². The minimum Gasteiger partial charge on any atom is -0.468 e. The number of methoxy groups -OCH3 is 1. The first kappa shape index (κ1) is 31.7. The van der Waals surface area contributed by atoms with Crippen LogP contribution < -0.4 is 5.32 Å². The van der Waals surface area contributed by atoms with Crippen LogP contribution in [0.25, 0.3) is 11.3 Å². The van der Waals surface area contributed by atoms with Crippen LogP contribution in [0.15, 0.2) is 36.4 Å². The molecule has 0 amide bonds. The fourth-order valence-corrected chi connectivity index (χ4v) is 7.20. The maximum atomic E-state index is 12.5. The summed E-state index contributed by atoms with van der Waals surface area (Å²) in [6.45, 7) is 6.44. The van der Waals surface area contributed by atoms with Gasteiger partial charge in [0.25, 0.3) is 0 Å². The molecule has 10 nitrogen and oxygen atoms in total. The third kappa shape index (κ3) is 7.27. The first-order valence-electron chi connectivity index (χ1n) is 15.3. The summed E-state index contributed by atoms with van der Waals surface area (Å²) in [6, 6.07) is 11.4. The molecule has 45 heavy (non-hydrogen) atoms. The van der Waals surface area contributed by atoms with Crippen molar-refractivity contribution in [1.29, 1.82) is 0 Å². The molecule has 1 saturated heterocycles. The fourth-order valence-electron chi connectivity index (χ4n) is 6.24. The Morgan fingerprint density at radius 3 is 2.71 bits per heavy atom. The number of benzene rings is 2. The van der Waals surface area contributed by atoms with E-state index in [1.165, 1.54) is 17.7 Å². The number of halogens is 1. The van der Waals surface area contributed by atoms with Crippen LogP contribution in [0.3, 0.4) is 0 Å². The zero-order valence-electron chi connectivity index (χ0n) is 25.6. The number of nitrogens with zero attached hydrogens (tertiary/aromatic N) is 4. The van der Waals surface area contributed by atoms with Crippen molar-refractivity contribution < 1.29 is 22.7 Å². The largest absolute Gasteiger partial charge is 0.468 e. The molecular formula is C33H38ClN5O5S. The van der Waals surface area contributed by atoms with Crippen molar-refractivity contribution in [3.8, 4) is 23.1 Å². The van der Waals surface area contributed by atoms with Gasteiger partial charge in [-0.1, -0.05) is 35.6 Å². The molecule has 0 spiro atoms. The van der Waals surface area contributed by atoms with Gasteiger partial charge in [0, 0.05) is 80.2 Å². The number of carbonyl (C=O) groups excluding carboxylic acids is 1. The van der Waals surface area contributed by atoms with E-state index in [0.29, 0.717) is 36.5 Å². The molecule has 0 unspecified atom stereocenters. The minimum atomic E-state index is -3.35. The lowest BCUT2D eigenvalue weighted by Gasteiger charge is -2.27. The maximum absolute atomic E-state index is 12.5. The second-order valence-electron chi connectivity index (χ2n) is 11.7. The first-order valence-corrected chi connectivity index (χ1v) is 17.5. The number of carbonyl (C=O) groups is 1. The number of aromatic nitrogens is 2. The third-order valence-electron chi connectivity index (χ3n) is 8.75. The van der Waals surface area contributed by atoms with Gasteiger partial charge in [-0.3, -0.25) is 14.4 Å². The molecule has 0 bridgehead atoms. The summed E-state index contributed by atoms with van der Waals surface area (Å²) < 4.78 is 38.9. The zero-order chi connectivity index (χ0) is 31.6. The lowest BCUT2D eigenvalue weighted by Crippen LogP contribution is -2.42. The van der Waals surface area contributed by atoms with E-state index in [0.717, 1.165) is 85.0 Å². The monoisotopic (exact) mass is 651 g/mol.